The number of allylic oxidation sites excluding steroid dienone is 1. The van der Waals surface area contributed by atoms with Crippen molar-refractivity contribution in [2.24, 2.45) is 17.6 Å². The van der Waals surface area contributed by atoms with E-state index in [1.807, 2.05) is 23.1 Å². The maximum Gasteiger partial charge on any atom is 0.266 e. The molecule has 0 spiro atoms. The van der Waals surface area contributed by atoms with Gasteiger partial charge in [0.1, 0.15) is 17.2 Å². The van der Waals surface area contributed by atoms with Gasteiger partial charge in [0, 0.05) is 68.9 Å². The molecule has 2 aliphatic carbocycles. The Morgan fingerprint density at radius 1 is 0.942 bits per heavy atom. The van der Waals surface area contributed by atoms with E-state index in [4.69, 9.17) is 30.1 Å². The Bertz CT molecular complexity index is 1650. The zero-order valence-corrected chi connectivity index (χ0v) is 31.4. The van der Waals surface area contributed by atoms with Gasteiger partial charge < -0.3 is 50.1 Å². The van der Waals surface area contributed by atoms with Crippen LogP contribution < -0.4 is 34.9 Å². The second-order valence-electron chi connectivity index (χ2n) is 14.9. The molecule has 2 aromatic rings. The molecule has 4 N–H and O–H groups in total. The molecule has 4 aliphatic rings. The Labute approximate surface area is 308 Å². The van der Waals surface area contributed by atoms with Crippen molar-refractivity contribution in [3.63, 3.8) is 0 Å². The predicted octanol–water partition coefficient (Wildman–Crippen LogP) is 5.00. The number of benzene rings is 2. The second-order valence-corrected chi connectivity index (χ2v) is 14.9. The molecule has 1 unspecified atom stereocenters. The molecule has 0 radical (unpaired) electrons. The molecule has 2 atom stereocenters. The molecule has 6 rings (SSSR count). The number of ether oxygens (including phenoxy) is 4. The number of nitrogens with one attached hydrogen (secondary N) is 2. The summed E-state index contributed by atoms with van der Waals surface area (Å²) < 4.78 is 24.4. The van der Waals surface area contributed by atoms with E-state index in [0.29, 0.717) is 54.1 Å². The lowest BCUT2D eigenvalue weighted by atomic mass is 9.75. The van der Waals surface area contributed by atoms with Gasteiger partial charge in [0.05, 0.1) is 33.3 Å². The molecule has 2 saturated carbocycles. The summed E-state index contributed by atoms with van der Waals surface area (Å²) in [5.41, 5.74) is 7.85. The summed E-state index contributed by atoms with van der Waals surface area (Å²) in [6.07, 6.45) is 9.53. The van der Waals surface area contributed by atoms with Crippen LogP contribution in [0.3, 0.4) is 0 Å². The quantitative estimate of drug-likeness (QED) is 0.230. The average Bonchev–Trinajstić information content (AvgIpc) is 3.99. The topological polar surface area (TPSA) is 143 Å². The summed E-state index contributed by atoms with van der Waals surface area (Å²) in [4.78, 5) is 34.7. The minimum absolute atomic E-state index is 0.0736. The smallest absolute Gasteiger partial charge is 0.266 e. The molecule has 0 bridgehead atoms. The monoisotopic (exact) mass is 716 g/mol. The first-order chi connectivity index (χ1) is 25.1. The predicted molar refractivity (Wildman–Crippen MR) is 203 cm³/mol. The minimum atomic E-state index is -1.13. The second kappa shape index (κ2) is 16.1. The van der Waals surface area contributed by atoms with Crippen LogP contribution in [0.4, 0.5) is 5.69 Å². The Morgan fingerprint density at radius 2 is 1.65 bits per heavy atom. The van der Waals surface area contributed by atoms with Gasteiger partial charge in [-0.15, -0.1) is 0 Å². The van der Waals surface area contributed by atoms with Crippen molar-refractivity contribution >= 4 is 29.3 Å². The van der Waals surface area contributed by atoms with E-state index in [0.717, 1.165) is 81.4 Å². The first kappa shape index (κ1) is 37.3. The summed E-state index contributed by atoms with van der Waals surface area (Å²) in [7, 11) is 4.90. The number of carbonyl (C=O) groups is 2. The summed E-state index contributed by atoms with van der Waals surface area (Å²) in [6.45, 7) is 7.59. The van der Waals surface area contributed by atoms with Crippen LogP contribution in [0, 0.1) is 17.2 Å². The fourth-order valence-electron chi connectivity index (χ4n) is 8.08. The van der Waals surface area contributed by atoms with Gasteiger partial charge in [-0.3, -0.25) is 9.59 Å². The van der Waals surface area contributed by atoms with Crippen LogP contribution in [0.25, 0.3) is 5.57 Å². The molecule has 0 aromatic heterocycles. The van der Waals surface area contributed by atoms with Crippen molar-refractivity contribution in [1.82, 2.24) is 15.1 Å². The highest BCUT2D eigenvalue weighted by Crippen LogP contribution is 2.50. The van der Waals surface area contributed by atoms with Crippen LogP contribution in [-0.2, 0) is 9.59 Å². The number of nitrogens with two attached hydrogens (primary N) is 1. The number of piperazine rings is 1. The molecule has 12 heteroatoms. The minimum Gasteiger partial charge on any atom is -0.496 e. The van der Waals surface area contributed by atoms with Crippen molar-refractivity contribution in [2.75, 3.05) is 65.5 Å². The fraction of sp³-hybridized carbons (Fsp3) is 0.575. The summed E-state index contributed by atoms with van der Waals surface area (Å²) >= 11 is 0. The first-order valence-corrected chi connectivity index (χ1v) is 18.8. The number of methoxy groups -OCH3 is 3. The van der Waals surface area contributed by atoms with Gasteiger partial charge in [0.2, 0.25) is 5.91 Å². The van der Waals surface area contributed by atoms with Crippen molar-refractivity contribution in [1.29, 1.82) is 5.41 Å². The SMILES string of the molecule is COc1cc(/C(C=N)=C/N)ccc1C(C1CCC1)N(C(=O)[C@@H]1CCCN(c2c(OC)ccc(OC(C)(C)C(=O)N3CCNCC3)c2OC)C1)C1CC1. The highest BCUT2D eigenvalue weighted by atomic mass is 16.5. The van der Waals surface area contributed by atoms with Gasteiger partial charge in [-0.05, 0) is 82.1 Å². The maximum absolute atomic E-state index is 14.9. The van der Waals surface area contributed by atoms with Crippen LogP contribution in [-0.4, -0.2) is 100 Å². The molecule has 12 nitrogen and oxygen atoms in total. The van der Waals surface area contributed by atoms with Crippen molar-refractivity contribution in [2.45, 2.75) is 76.5 Å². The lowest BCUT2D eigenvalue weighted by Crippen LogP contribution is -2.54. The van der Waals surface area contributed by atoms with Crippen LogP contribution in [0.15, 0.2) is 36.5 Å². The zero-order valence-electron chi connectivity index (χ0n) is 31.4. The van der Waals surface area contributed by atoms with E-state index in [9.17, 15) is 9.59 Å². The number of rotatable bonds is 14. The highest BCUT2D eigenvalue weighted by Gasteiger charge is 2.46. The normalized spacial score (nSPS) is 20.4. The maximum atomic E-state index is 14.9. The van der Waals surface area contributed by atoms with Crippen molar-refractivity contribution < 1.29 is 28.5 Å². The van der Waals surface area contributed by atoms with Crippen LogP contribution in [0.2, 0.25) is 0 Å². The molecule has 282 valence electrons. The number of hydrogen-bond acceptors (Lipinski definition) is 10. The van der Waals surface area contributed by atoms with Gasteiger partial charge in [-0.2, -0.15) is 0 Å². The highest BCUT2D eigenvalue weighted by molar-refractivity contribution is 6.08. The molecule has 52 heavy (non-hydrogen) atoms. The summed E-state index contributed by atoms with van der Waals surface area (Å²) in [5.74, 6) is 2.48. The van der Waals surface area contributed by atoms with E-state index in [2.05, 4.69) is 21.2 Å². The van der Waals surface area contributed by atoms with Gasteiger partial charge in [-0.25, -0.2) is 0 Å². The van der Waals surface area contributed by atoms with E-state index in [-0.39, 0.29) is 29.8 Å². The molecular formula is C40H56N6O6. The molecule has 2 amide bonds. The number of piperidine rings is 1. The van der Waals surface area contributed by atoms with E-state index >= 15 is 0 Å². The van der Waals surface area contributed by atoms with Crippen molar-refractivity contribution in [3.05, 3.63) is 47.7 Å². The third kappa shape index (κ3) is 7.53. The van der Waals surface area contributed by atoms with E-state index < -0.39 is 5.60 Å². The Kier molecular flexibility index (Phi) is 11.5. The molecule has 2 heterocycles. The van der Waals surface area contributed by atoms with E-state index in [1.54, 1.807) is 41.2 Å². The number of nitrogens with zero attached hydrogens (tertiary/aromatic N) is 3. The third-order valence-corrected chi connectivity index (χ3v) is 11.2. The zero-order chi connectivity index (χ0) is 37.0. The summed E-state index contributed by atoms with van der Waals surface area (Å²) in [6, 6.07) is 9.73. The fourth-order valence-corrected chi connectivity index (χ4v) is 8.08. The number of carbonyl (C=O) groups excluding carboxylic acids is 2. The average molecular weight is 717 g/mol. The van der Waals surface area contributed by atoms with Gasteiger partial charge >= 0.3 is 0 Å². The lowest BCUT2D eigenvalue weighted by molar-refractivity contribution is -0.146. The molecule has 2 aliphatic heterocycles. The van der Waals surface area contributed by atoms with Crippen LogP contribution in [0.5, 0.6) is 23.0 Å². The summed E-state index contributed by atoms with van der Waals surface area (Å²) in [5, 5.41) is 11.1. The standard InChI is InChI=1S/C40H56N6O6/c1-40(2,39(48)44-20-17-43-18-21-44)52-33-16-15-32(49-3)36(37(33)51-5)45-19-7-10-28(25-45)38(47)46(30-12-13-30)35(26-8-6-9-26)31-14-11-27(22-34(31)50-4)29(23-41)24-42/h11,14-16,22-24,26,28,30,35,41,43H,6-10,12-13,17-21,25,42H2,1-5H3/b29-24+,41-23?/t28-,35?/m1/s1. The molecular weight excluding hydrogens is 660 g/mol. The van der Waals surface area contributed by atoms with Crippen molar-refractivity contribution in [3.8, 4) is 23.0 Å². The Morgan fingerprint density at radius 3 is 2.25 bits per heavy atom. The Balaban J connectivity index is 1.29. The number of anilines is 1. The first-order valence-electron chi connectivity index (χ1n) is 18.8. The largest absolute Gasteiger partial charge is 0.496 e. The lowest BCUT2D eigenvalue weighted by Gasteiger charge is -2.45. The van der Waals surface area contributed by atoms with Crippen LogP contribution in [0.1, 0.15) is 76.0 Å². The van der Waals surface area contributed by atoms with Gasteiger partial charge in [0.25, 0.3) is 5.91 Å². The molecule has 4 fully saturated rings. The van der Waals surface area contributed by atoms with Gasteiger partial charge in [0.15, 0.2) is 17.1 Å². The number of hydrogen-bond donors (Lipinski definition) is 3. The molecule has 2 aromatic carbocycles. The Hall–Kier alpha value is -4.45. The third-order valence-electron chi connectivity index (χ3n) is 11.2. The van der Waals surface area contributed by atoms with Gasteiger partial charge in [-0.1, -0.05) is 18.6 Å². The number of amides is 2. The molecule has 2 saturated heterocycles. The van der Waals surface area contributed by atoms with Crippen LogP contribution >= 0.6 is 0 Å². The van der Waals surface area contributed by atoms with E-state index in [1.165, 1.54) is 12.4 Å².